The van der Waals surface area contributed by atoms with Gasteiger partial charge in [0.15, 0.2) is 11.6 Å². The standard InChI is InChI=1S/C43H38N12O17S4/c1-52-19-25(13-31(52)39(56)48-37-17-33(54(3)50-37)41(58)44-23-7-5-21-9-27(73(61,62)63)15-35(29(21)11-23)75(67,68)69)46-43(60)47-26-14-32(53(2)20-26)40(57)49-38-18-34(55(4)51-38)42(59)45-24-8-6-22-10-28(74(64,65)66)16-36(30(22)12-24)76(70,71)72/h5-20H,1-4H3,(H,44,58)(H,45,59)(H2,46,47,60)(H,48,50,56)(H,49,51,57)(H,61,62,63)(H,64,65,66)(H,67,68,69)(H,70,71,72). The van der Waals surface area contributed by atoms with E-state index in [2.05, 4.69) is 42.1 Å². The summed E-state index contributed by atoms with van der Waals surface area (Å²) >= 11 is 0. The largest absolute Gasteiger partial charge is 0.344 e. The van der Waals surface area contributed by atoms with E-state index in [9.17, 15) is 75.9 Å². The van der Waals surface area contributed by atoms with Gasteiger partial charge in [-0.15, -0.1) is 0 Å². The average Bonchev–Trinajstić information content (AvgIpc) is 4.08. The summed E-state index contributed by atoms with van der Waals surface area (Å²) < 4.78 is 139. The lowest BCUT2D eigenvalue weighted by Crippen LogP contribution is -2.19. The van der Waals surface area contributed by atoms with Crippen molar-refractivity contribution in [2.75, 3.05) is 31.9 Å². The van der Waals surface area contributed by atoms with E-state index in [-0.39, 0.29) is 78.7 Å². The van der Waals surface area contributed by atoms with Gasteiger partial charge in [-0.1, -0.05) is 12.1 Å². The molecule has 0 spiro atoms. The summed E-state index contributed by atoms with van der Waals surface area (Å²) in [7, 11) is -13.9. The van der Waals surface area contributed by atoms with Crippen molar-refractivity contribution < 1.29 is 75.9 Å². The molecule has 0 unspecified atom stereocenters. The fourth-order valence-electron chi connectivity index (χ4n) is 7.72. The van der Waals surface area contributed by atoms with Crippen molar-refractivity contribution in [3.05, 3.63) is 120 Å². The number of carbonyl (C=O) groups is 5. The molecule has 0 aliphatic rings. The molecule has 0 radical (unpaired) electrons. The Kier molecular flexibility index (Phi) is 13.7. The number of carbonyl (C=O) groups excluding carboxylic acids is 5. The van der Waals surface area contributed by atoms with Crippen LogP contribution in [-0.4, -0.2) is 110 Å². The quantitative estimate of drug-likeness (QED) is 0.0693. The molecule has 396 valence electrons. The highest BCUT2D eigenvalue weighted by molar-refractivity contribution is 7.87. The summed E-state index contributed by atoms with van der Waals surface area (Å²) in [5.74, 6) is -3.12. The molecule has 4 heterocycles. The van der Waals surface area contributed by atoms with Gasteiger partial charge >= 0.3 is 6.03 Å². The van der Waals surface area contributed by atoms with Crippen LogP contribution in [-0.2, 0) is 68.7 Å². The molecule has 0 aliphatic carbocycles. The molecule has 0 fully saturated rings. The first-order valence-electron chi connectivity index (χ1n) is 21.1. The molecular formula is C43H38N12O17S4. The van der Waals surface area contributed by atoms with Crippen LogP contribution < -0.4 is 31.9 Å². The van der Waals surface area contributed by atoms with Crippen molar-refractivity contribution in [1.82, 2.24) is 28.7 Å². The Morgan fingerprint density at radius 3 is 1.11 bits per heavy atom. The lowest BCUT2D eigenvalue weighted by atomic mass is 10.1. The van der Waals surface area contributed by atoms with Gasteiger partial charge in [0.25, 0.3) is 64.1 Å². The second-order valence-electron chi connectivity index (χ2n) is 16.5. The van der Waals surface area contributed by atoms with Crippen LogP contribution in [0.3, 0.4) is 0 Å². The Hall–Kier alpha value is -8.83. The zero-order valence-corrected chi connectivity index (χ0v) is 42.4. The van der Waals surface area contributed by atoms with Gasteiger partial charge in [-0.25, -0.2) is 4.79 Å². The molecule has 29 nitrogen and oxygen atoms in total. The summed E-state index contributed by atoms with van der Waals surface area (Å²) in [5.41, 5.74) is 0.251. The van der Waals surface area contributed by atoms with Crippen LogP contribution in [0.25, 0.3) is 21.5 Å². The molecule has 76 heavy (non-hydrogen) atoms. The van der Waals surface area contributed by atoms with Crippen LogP contribution in [0.4, 0.5) is 39.2 Å². The minimum absolute atomic E-state index is 0.00709. The average molecular weight is 1120 g/mol. The van der Waals surface area contributed by atoms with Crippen molar-refractivity contribution in [1.29, 1.82) is 0 Å². The molecule has 4 aromatic heterocycles. The summed E-state index contributed by atoms with van der Waals surface area (Å²) in [6.07, 6.45) is 2.84. The van der Waals surface area contributed by atoms with Crippen LogP contribution in [0.5, 0.6) is 0 Å². The fourth-order valence-corrected chi connectivity index (χ4v) is 10.4. The van der Waals surface area contributed by atoms with E-state index >= 15 is 0 Å². The molecule has 6 amide bonds. The Morgan fingerprint density at radius 1 is 0.408 bits per heavy atom. The number of fused-ring (bicyclic) bond motifs is 2. The van der Waals surface area contributed by atoms with Crippen molar-refractivity contribution in [3.8, 4) is 0 Å². The first-order chi connectivity index (χ1) is 35.3. The number of nitrogens with zero attached hydrogens (tertiary/aromatic N) is 6. The number of amides is 6. The van der Waals surface area contributed by atoms with Crippen molar-refractivity contribution in [2.24, 2.45) is 28.2 Å². The third kappa shape index (κ3) is 11.4. The van der Waals surface area contributed by atoms with E-state index in [1.165, 1.54) is 98.2 Å². The predicted octanol–water partition coefficient (Wildman–Crippen LogP) is 3.78. The summed E-state index contributed by atoms with van der Waals surface area (Å²) in [6, 6.07) is 14.8. The van der Waals surface area contributed by atoms with E-state index < -0.39 is 89.7 Å². The summed E-state index contributed by atoms with van der Waals surface area (Å²) in [6.45, 7) is 0. The molecule has 0 saturated carbocycles. The van der Waals surface area contributed by atoms with Crippen LogP contribution in [0, 0.1) is 0 Å². The van der Waals surface area contributed by atoms with Crippen molar-refractivity contribution in [2.45, 2.75) is 19.6 Å². The molecule has 8 aromatic rings. The van der Waals surface area contributed by atoms with Gasteiger partial charge < -0.3 is 41.0 Å². The molecule has 33 heteroatoms. The second-order valence-corrected chi connectivity index (χ2v) is 22.2. The minimum Gasteiger partial charge on any atom is -0.344 e. The van der Waals surface area contributed by atoms with Gasteiger partial charge in [0.05, 0.1) is 21.2 Å². The van der Waals surface area contributed by atoms with Gasteiger partial charge in [0.2, 0.25) is 0 Å². The molecular weight excluding hydrogens is 1080 g/mol. The van der Waals surface area contributed by atoms with Crippen LogP contribution in [0.1, 0.15) is 42.0 Å². The number of rotatable bonds is 14. The maximum Gasteiger partial charge on any atom is 0.323 e. The van der Waals surface area contributed by atoms with Crippen LogP contribution >= 0.6 is 0 Å². The number of benzene rings is 4. The maximum absolute atomic E-state index is 13.4. The number of hydrogen-bond donors (Lipinski definition) is 10. The Balaban J connectivity index is 0.872. The highest BCUT2D eigenvalue weighted by Gasteiger charge is 2.25. The minimum atomic E-state index is -5.01. The number of anilines is 6. The smallest absolute Gasteiger partial charge is 0.323 e. The third-order valence-electron chi connectivity index (χ3n) is 11.1. The Morgan fingerprint density at radius 2 is 0.763 bits per heavy atom. The zero-order valence-electron chi connectivity index (χ0n) is 39.1. The third-order valence-corrected chi connectivity index (χ3v) is 14.6. The van der Waals surface area contributed by atoms with E-state index in [0.29, 0.717) is 12.1 Å². The van der Waals surface area contributed by atoms with Crippen LogP contribution in [0.2, 0.25) is 0 Å². The number of nitrogens with one attached hydrogen (secondary N) is 6. The summed E-state index contributed by atoms with van der Waals surface area (Å²) in [4.78, 5) is 63.1. The molecule has 4 aromatic carbocycles. The zero-order chi connectivity index (χ0) is 55.6. The summed E-state index contributed by atoms with van der Waals surface area (Å²) in [5, 5.41) is 23.2. The topological polar surface area (TPSA) is 421 Å². The van der Waals surface area contributed by atoms with Crippen molar-refractivity contribution in [3.63, 3.8) is 0 Å². The van der Waals surface area contributed by atoms with Crippen molar-refractivity contribution >= 4 is 126 Å². The van der Waals surface area contributed by atoms with E-state index in [1.807, 2.05) is 0 Å². The highest BCUT2D eigenvalue weighted by atomic mass is 32.2. The number of urea groups is 1. The van der Waals surface area contributed by atoms with Gasteiger partial charge in [0, 0.05) is 74.9 Å². The molecule has 0 atom stereocenters. The Labute approximate surface area is 428 Å². The van der Waals surface area contributed by atoms with Gasteiger partial charge in [0.1, 0.15) is 32.6 Å². The monoisotopic (exact) mass is 1120 g/mol. The lowest BCUT2D eigenvalue weighted by Gasteiger charge is -2.10. The molecule has 0 aliphatic heterocycles. The van der Waals surface area contributed by atoms with Gasteiger partial charge in [-0.05, 0) is 71.4 Å². The normalized spacial score (nSPS) is 12.1. The fraction of sp³-hybridized carbons (Fsp3) is 0.0930. The van der Waals surface area contributed by atoms with E-state index in [0.717, 1.165) is 33.6 Å². The first-order valence-corrected chi connectivity index (χ1v) is 26.9. The van der Waals surface area contributed by atoms with E-state index in [1.54, 1.807) is 0 Å². The molecule has 0 bridgehead atoms. The highest BCUT2D eigenvalue weighted by Crippen LogP contribution is 2.32. The van der Waals surface area contributed by atoms with Crippen LogP contribution in [0.15, 0.2) is 117 Å². The molecule has 10 N–H and O–H groups in total. The number of hydrogen-bond acceptors (Lipinski definition) is 15. The molecule has 0 saturated heterocycles. The van der Waals surface area contributed by atoms with E-state index in [4.69, 9.17) is 0 Å². The second kappa shape index (κ2) is 19.5. The van der Waals surface area contributed by atoms with Gasteiger partial charge in [-0.2, -0.15) is 43.9 Å². The van der Waals surface area contributed by atoms with Gasteiger partial charge in [-0.3, -0.25) is 46.8 Å². The SMILES string of the molecule is Cn1cc(NC(=O)Nc2cc(C(=O)Nc3cc(C(=O)Nc4ccc5cc(S(=O)(=O)O)cc(S(=O)(=O)O)c5c4)n(C)n3)n(C)c2)cc1C(=O)Nc1cc(C(=O)Nc2ccc3cc(S(=O)(=O)O)cc(S(=O)(=O)O)c3c2)n(C)n1. The maximum atomic E-state index is 13.4. The molecule has 8 rings (SSSR count). The first kappa shape index (κ1) is 53.5. The Bertz CT molecular complexity index is 4020. The number of aromatic nitrogens is 6. The predicted molar refractivity (Wildman–Crippen MR) is 269 cm³/mol. The number of aryl methyl sites for hydroxylation is 4. The lowest BCUT2D eigenvalue weighted by molar-refractivity contribution is 0.101.